The number of unbranched alkanes of at least 4 members (excludes halogenated alkanes) is 4. The molecule has 146 valence electrons. The van der Waals surface area contributed by atoms with E-state index in [4.69, 9.17) is 4.74 Å². The zero-order valence-corrected chi connectivity index (χ0v) is 17.3. The monoisotopic (exact) mass is 379 g/mol. The quantitative estimate of drug-likeness (QED) is 0.417. The second kappa shape index (κ2) is 10.7. The third-order valence-corrected chi connectivity index (χ3v) is 6.35. The number of nitrogens with one attached hydrogen (secondary N) is 1. The first-order valence-electron chi connectivity index (χ1n) is 10.2. The number of esters is 1. The van der Waals surface area contributed by atoms with Crippen LogP contribution in [0.1, 0.15) is 92.9 Å². The van der Waals surface area contributed by atoms with Crippen molar-refractivity contribution in [3.63, 3.8) is 0 Å². The molecule has 1 atom stereocenters. The summed E-state index contributed by atoms with van der Waals surface area (Å²) in [6.07, 6.45) is 10.3. The fourth-order valence-electron chi connectivity index (χ4n) is 3.59. The van der Waals surface area contributed by atoms with Crippen LogP contribution in [0.15, 0.2) is 0 Å². The number of carbonyl (C=O) groups excluding carboxylic acids is 2. The lowest BCUT2D eigenvalue weighted by atomic mass is 9.85. The van der Waals surface area contributed by atoms with Crippen molar-refractivity contribution in [3.05, 3.63) is 16.0 Å². The average Bonchev–Trinajstić information content (AvgIpc) is 2.98. The Hall–Kier alpha value is -1.36. The van der Waals surface area contributed by atoms with E-state index in [-0.39, 0.29) is 11.9 Å². The molecule has 1 heterocycles. The Morgan fingerprint density at radius 2 is 1.92 bits per heavy atom. The maximum absolute atomic E-state index is 12.5. The summed E-state index contributed by atoms with van der Waals surface area (Å²) in [7, 11) is 0. The fraction of sp³-hybridized carbons (Fsp3) is 0.714. The Balaban J connectivity index is 2.07. The van der Waals surface area contributed by atoms with Crippen LogP contribution in [0.25, 0.3) is 0 Å². The molecule has 0 aliphatic heterocycles. The lowest BCUT2D eigenvalue weighted by molar-refractivity contribution is -0.116. The highest BCUT2D eigenvalue weighted by molar-refractivity contribution is 7.17. The molecule has 4 nitrogen and oxygen atoms in total. The zero-order valence-electron chi connectivity index (χ0n) is 16.5. The number of ether oxygens (including phenoxy) is 1. The largest absolute Gasteiger partial charge is 0.462 e. The van der Waals surface area contributed by atoms with Crippen LogP contribution in [-0.2, 0) is 22.4 Å². The Bertz CT molecular complexity index is 609. The normalized spacial score (nSPS) is 16.2. The van der Waals surface area contributed by atoms with Gasteiger partial charge in [0.05, 0.1) is 12.2 Å². The van der Waals surface area contributed by atoms with Crippen LogP contribution >= 0.6 is 11.3 Å². The van der Waals surface area contributed by atoms with E-state index >= 15 is 0 Å². The van der Waals surface area contributed by atoms with Crippen LogP contribution in [0.3, 0.4) is 0 Å². The maximum atomic E-state index is 12.5. The third-order valence-electron chi connectivity index (χ3n) is 5.18. The first-order chi connectivity index (χ1) is 12.6. The van der Waals surface area contributed by atoms with E-state index in [0.717, 1.165) is 44.1 Å². The second-order valence-electron chi connectivity index (χ2n) is 7.16. The SMILES string of the molecule is CCCCCCCC(=O)Nc1sc2c(c1C(=O)OCC)CCC(CC)C2. The van der Waals surface area contributed by atoms with Gasteiger partial charge in [-0.15, -0.1) is 11.3 Å². The number of hydrogen-bond acceptors (Lipinski definition) is 4. The van der Waals surface area contributed by atoms with Gasteiger partial charge in [0.15, 0.2) is 0 Å². The summed E-state index contributed by atoms with van der Waals surface area (Å²) in [5.74, 6) is 0.397. The molecule has 1 aliphatic carbocycles. The lowest BCUT2D eigenvalue weighted by Crippen LogP contribution is -2.17. The zero-order chi connectivity index (χ0) is 18.9. The number of thiophene rings is 1. The molecule has 1 aromatic heterocycles. The Labute approximate surface area is 161 Å². The summed E-state index contributed by atoms with van der Waals surface area (Å²) in [6, 6.07) is 0. The van der Waals surface area contributed by atoms with Crippen LogP contribution in [0.4, 0.5) is 5.00 Å². The molecule has 0 spiro atoms. The third kappa shape index (κ3) is 5.57. The summed E-state index contributed by atoms with van der Waals surface area (Å²) in [4.78, 5) is 26.1. The van der Waals surface area contributed by atoms with Gasteiger partial charge in [-0.1, -0.05) is 46.0 Å². The smallest absolute Gasteiger partial charge is 0.341 e. The highest BCUT2D eigenvalue weighted by Crippen LogP contribution is 2.40. The summed E-state index contributed by atoms with van der Waals surface area (Å²) in [6.45, 7) is 6.58. The minimum Gasteiger partial charge on any atom is -0.462 e. The van der Waals surface area contributed by atoms with Crippen molar-refractivity contribution in [1.29, 1.82) is 0 Å². The molecule has 2 rings (SSSR count). The molecule has 0 saturated heterocycles. The molecule has 0 saturated carbocycles. The van der Waals surface area contributed by atoms with Crippen LogP contribution in [0, 0.1) is 5.92 Å². The average molecular weight is 380 g/mol. The van der Waals surface area contributed by atoms with E-state index < -0.39 is 0 Å². The number of amides is 1. The lowest BCUT2D eigenvalue weighted by Gasteiger charge is -2.20. The van der Waals surface area contributed by atoms with Crippen molar-refractivity contribution < 1.29 is 14.3 Å². The van der Waals surface area contributed by atoms with E-state index in [0.29, 0.717) is 29.5 Å². The maximum Gasteiger partial charge on any atom is 0.341 e. The summed E-state index contributed by atoms with van der Waals surface area (Å²) < 4.78 is 5.27. The van der Waals surface area contributed by atoms with Crippen LogP contribution in [0.5, 0.6) is 0 Å². The molecule has 0 radical (unpaired) electrons. The molecule has 0 aromatic carbocycles. The standard InChI is InChI=1S/C21H33NO3S/c1-4-7-8-9-10-11-18(23)22-20-19(21(24)25-6-3)16-13-12-15(5-2)14-17(16)26-20/h15H,4-14H2,1-3H3,(H,22,23). The van der Waals surface area contributed by atoms with Gasteiger partial charge in [0.1, 0.15) is 5.00 Å². The fourth-order valence-corrected chi connectivity index (χ4v) is 4.95. The van der Waals surface area contributed by atoms with E-state index in [1.807, 2.05) is 6.92 Å². The van der Waals surface area contributed by atoms with Gasteiger partial charge in [-0.05, 0) is 44.1 Å². The van der Waals surface area contributed by atoms with Crippen LogP contribution < -0.4 is 5.32 Å². The highest BCUT2D eigenvalue weighted by atomic mass is 32.1. The molecule has 0 fully saturated rings. The number of carbonyl (C=O) groups is 2. The van der Waals surface area contributed by atoms with E-state index in [1.54, 1.807) is 11.3 Å². The van der Waals surface area contributed by atoms with Crippen molar-refractivity contribution in [2.45, 2.75) is 85.0 Å². The Morgan fingerprint density at radius 1 is 1.15 bits per heavy atom. The molecular weight excluding hydrogens is 346 g/mol. The Morgan fingerprint density at radius 3 is 2.62 bits per heavy atom. The van der Waals surface area contributed by atoms with Crippen molar-refractivity contribution in [3.8, 4) is 0 Å². The highest BCUT2D eigenvalue weighted by Gasteiger charge is 2.29. The molecule has 1 aromatic rings. The number of rotatable bonds is 10. The second-order valence-corrected chi connectivity index (χ2v) is 8.26. The first kappa shape index (κ1) is 20.9. The minimum absolute atomic E-state index is 0.0117. The number of fused-ring (bicyclic) bond motifs is 1. The molecule has 1 unspecified atom stereocenters. The summed E-state index contributed by atoms with van der Waals surface area (Å²) >= 11 is 1.58. The van der Waals surface area contributed by atoms with Crippen molar-refractivity contribution in [2.75, 3.05) is 11.9 Å². The first-order valence-corrected chi connectivity index (χ1v) is 11.0. The summed E-state index contributed by atoms with van der Waals surface area (Å²) in [5, 5.41) is 3.71. The van der Waals surface area contributed by atoms with Gasteiger partial charge in [-0.2, -0.15) is 0 Å². The topological polar surface area (TPSA) is 55.4 Å². The van der Waals surface area contributed by atoms with E-state index in [1.165, 1.54) is 24.1 Å². The van der Waals surface area contributed by atoms with Gasteiger partial charge in [-0.25, -0.2) is 4.79 Å². The van der Waals surface area contributed by atoms with Gasteiger partial charge >= 0.3 is 5.97 Å². The van der Waals surface area contributed by atoms with Crippen molar-refractivity contribution >= 4 is 28.2 Å². The van der Waals surface area contributed by atoms with Gasteiger partial charge in [-0.3, -0.25) is 4.79 Å². The molecule has 1 aliphatic rings. The minimum atomic E-state index is -0.293. The molecule has 5 heteroatoms. The predicted molar refractivity (Wildman–Crippen MR) is 108 cm³/mol. The summed E-state index contributed by atoms with van der Waals surface area (Å²) in [5.41, 5.74) is 1.72. The van der Waals surface area contributed by atoms with Gasteiger partial charge in [0.25, 0.3) is 0 Å². The number of hydrogen-bond donors (Lipinski definition) is 1. The molecular formula is C21H33NO3S. The predicted octanol–water partition coefficient (Wildman–Crippen LogP) is 5.74. The van der Waals surface area contributed by atoms with Gasteiger partial charge < -0.3 is 10.1 Å². The molecule has 26 heavy (non-hydrogen) atoms. The molecule has 0 bridgehead atoms. The molecule has 1 amide bonds. The van der Waals surface area contributed by atoms with Crippen LogP contribution in [-0.4, -0.2) is 18.5 Å². The number of anilines is 1. The van der Waals surface area contributed by atoms with Gasteiger partial charge in [0.2, 0.25) is 5.91 Å². The van der Waals surface area contributed by atoms with E-state index in [2.05, 4.69) is 19.2 Å². The molecule has 1 N–H and O–H groups in total. The van der Waals surface area contributed by atoms with Crippen LogP contribution in [0.2, 0.25) is 0 Å². The van der Waals surface area contributed by atoms with E-state index in [9.17, 15) is 9.59 Å². The van der Waals surface area contributed by atoms with Gasteiger partial charge in [0, 0.05) is 11.3 Å². The Kier molecular flexibility index (Phi) is 8.63. The van der Waals surface area contributed by atoms with Crippen molar-refractivity contribution in [2.24, 2.45) is 5.92 Å². The van der Waals surface area contributed by atoms with Crippen molar-refractivity contribution in [1.82, 2.24) is 0 Å².